The van der Waals surface area contributed by atoms with Crippen molar-refractivity contribution in [3.63, 3.8) is 0 Å². The Balaban J connectivity index is 2.04. The van der Waals surface area contributed by atoms with Gasteiger partial charge in [-0.1, -0.05) is 35.3 Å². The summed E-state index contributed by atoms with van der Waals surface area (Å²) in [6, 6.07) is 12.4. The van der Waals surface area contributed by atoms with Gasteiger partial charge < -0.3 is 14.8 Å². The quantitative estimate of drug-likeness (QED) is 0.552. The van der Waals surface area contributed by atoms with Gasteiger partial charge in [0.15, 0.2) is 11.5 Å². The molecular formula is C20H18Cl2N2O3. The second-order valence-corrected chi connectivity index (χ2v) is 6.31. The second kappa shape index (κ2) is 9.86. The molecule has 0 aliphatic heterocycles. The summed E-state index contributed by atoms with van der Waals surface area (Å²) in [7, 11) is 3.13. The van der Waals surface area contributed by atoms with E-state index in [1.165, 1.54) is 6.08 Å². The van der Waals surface area contributed by atoms with Gasteiger partial charge in [-0.15, -0.1) is 0 Å². The summed E-state index contributed by atoms with van der Waals surface area (Å²) >= 11 is 12.2. The molecule has 0 bridgehead atoms. The molecule has 0 aliphatic rings. The van der Waals surface area contributed by atoms with Crippen molar-refractivity contribution in [3.8, 4) is 17.6 Å². The summed E-state index contributed by atoms with van der Waals surface area (Å²) in [5, 5.41) is 12.7. The lowest BCUT2D eigenvalue weighted by Gasteiger charge is -2.10. The summed E-state index contributed by atoms with van der Waals surface area (Å²) in [6.45, 7) is 0.351. The van der Waals surface area contributed by atoms with Crippen molar-refractivity contribution < 1.29 is 14.3 Å². The predicted octanol–water partition coefficient (Wildman–Crippen LogP) is 4.28. The highest BCUT2D eigenvalue weighted by molar-refractivity contribution is 6.37. The first-order chi connectivity index (χ1) is 13.0. The van der Waals surface area contributed by atoms with Crippen LogP contribution in [0, 0.1) is 11.3 Å². The van der Waals surface area contributed by atoms with Crippen molar-refractivity contribution in [3.05, 3.63) is 63.1 Å². The fourth-order valence-corrected chi connectivity index (χ4v) is 2.90. The van der Waals surface area contributed by atoms with Gasteiger partial charge in [0.2, 0.25) is 0 Å². The summed E-state index contributed by atoms with van der Waals surface area (Å²) in [4.78, 5) is 12.3. The van der Waals surface area contributed by atoms with Crippen LogP contribution in [0.5, 0.6) is 11.5 Å². The minimum absolute atomic E-state index is 0.0719. The Morgan fingerprint density at radius 2 is 1.81 bits per heavy atom. The zero-order valence-electron chi connectivity index (χ0n) is 14.9. The number of nitrogens with one attached hydrogen (secondary N) is 1. The minimum Gasteiger partial charge on any atom is -0.493 e. The van der Waals surface area contributed by atoms with E-state index >= 15 is 0 Å². The van der Waals surface area contributed by atoms with E-state index in [9.17, 15) is 10.1 Å². The van der Waals surface area contributed by atoms with Crippen molar-refractivity contribution in [2.45, 2.75) is 6.42 Å². The molecule has 0 saturated carbocycles. The third-order valence-corrected chi connectivity index (χ3v) is 4.46. The smallest absolute Gasteiger partial charge is 0.261 e. The van der Waals surface area contributed by atoms with Crippen LogP contribution in [0.15, 0.2) is 42.0 Å². The van der Waals surface area contributed by atoms with Crippen LogP contribution in [0.4, 0.5) is 0 Å². The molecule has 0 fully saturated rings. The summed E-state index contributed by atoms with van der Waals surface area (Å²) < 4.78 is 10.5. The average molecular weight is 405 g/mol. The number of benzene rings is 2. The molecule has 140 valence electrons. The zero-order chi connectivity index (χ0) is 19.8. The molecular weight excluding hydrogens is 387 g/mol. The van der Waals surface area contributed by atoms with Gasteiger partial charge in [0.25, 0.3) is 5.91 Å². The van der Waals surface area contributed by atoms with E-state index in [0.29, 0.717) is 40.1 Å². The molecule has 7 heteroatoms. The topological polar surface area (TPSA) is 71.3 Å². The summed E-state index contributed by atoms with van der Waals surface area (Å²) in [6.07, 6.45) is 1.95. The number of carbonyl (C=O) groups excluding carboxylic acids is 1. The molecule has 27 heavy (non-hydrogen) atoms. The largest absolute Gasteiger partial charge is 0.493 e. The lowest BCUT2D eigenvalue weighted by molar-refractivity contribution is -0.117. The third-order valence-electron chi connectivity index (χ3n) is 3.80. The van der Waals surface area contributed by atoms with Crippen LogP contribution in [-0.2, 0) is 11.2 Å². The van der Waals surface area contributed by atoms with Crippen molar-refractivity contribution >= 4 is 35.2 Å². The molecule has 0 radical (unpaired) electrons. The molecule has 0 spiro atoms. The number of rotatable bonds is 7. The monoisotopic (exact) mass is 404 g/mol. The number of nitrogens with zero attached hydrogens (tertiary/aromatic N) is 1. The third kappa shape index (κ3) is 5.40. The molecule has 0 atom stereocenters. The number of nitriles is 1. The number of ether oxygens (including phenoxy) is 2. The molecule has 2 aromatic carbocycles. The van der Waals surface area contributed by atoms with E-state index in [2.05, 4.69) is 5.32 Å². The van der Waals surface area contributed by atoms with Crippen molar-refractivity contribution in [2.24, 2.45) is 0 Å². The molecule has 0 heterocycles. The van der Waals surface area contributed by atoms with E-state index in [-0.39, 0.29) is 5.57 Å². The van der Waals surface area contributed by atoms with Crippen LogP contribution < -0.4 is 14.8 Å². The minimum atomic E-state index is -0.492. The number of hydrogen-bond donors (Lipinski definition) is 1. The first-order valence-electron chi connectivity index (χ1n) is 8.05. The van der Waals surface area contributed by atoms with Crippen LogP contribution in [0.2, 0.25) is 10.0 Å². The normalized spacial score (nSPS) is 10.9. The van der Waals surface area contributed by atoms with Crippen molar-refractivity contribution in [2.75, 3.05) is 20.8 Å². The Hall–Kier alpha value is -2.68. The maximum absolute atomic E-state index is 12.3. The first-order valence-corrected chi connectivity index (χ1v) is 8.80. The summed E-state index contributed by atoms with van der Waals surface area (Å²) in [5.41, 5.74) is 1.33. The van der Waals surface area contributed by atoms with Crippen LogP contribution in [0.25, 0.3) is 6.08 Å². The fourth-order valence-electron chi connectivity index (χ4n) is 2.39. The highest BCUT2D eigenvalue weighted by atomic mass is 35.5. The van der Waals surface area contributed by atoms with Gasteiger partial charge in [-0.3, -0.25) is 4.79 Å². The first kappa shape index (κ1) is 20.6. The highest BCUT2D eigenvalue weighted by Gasteiger charge is 2.12. The van der Waals surface area contributed by atoms with E-state index in [1.54, 1.807) is 38.5 Å². The Kier molecular flexibility index (Phi) is 7.54. The Labute approximate surface area is 168 Å². The average Bonchev–Trinajstić information content (AvgIpc) is 2.67. The Bertz CT molecular complexity index is 884. The standard InChI is InChI=1S/C20H18Cl2N2O3/c1-26-18-7-6-13(10-19(18)27-2)8-9-24-20(25)14(12-23)11-15-16(21)4-3-5-17(15)22/h3-7,10-11H,8-9H2,1-2H3,(H,24,25)/b14-11+. The molecule has 2 rings (SSSR count). The van der Waals surface area contributed by atoms with E-state index in [1.807, 2.05) is 18.2 Å². The van der Waals surface area contributed by atoms with E-state index < -0.39 is 5.91 Å². The molecule has 1 amide bonds. The second-order valence-electron chi connectivity index (χ2n) is 5.50. The van der Waals surface area contributed by atoms with Gasteiger partial charge in [-0.25, -0.2) is 0 Å². The summed E-state index contributed by atoms with van der Waals surface area (Å²) in [5.74, 6) is 0.762. The van der Waals surface area contributed by atoms with Crippen molar-refractivity contribution in [1.29, 1.82) is 5.26 Å². The lowest BCUT2D eigenvalue weighted by Crippen LogP contribution is -2.26. The number of methoxy groups -OCH3 is 2. The zero-order valence-corrected chi connectivity index (χ0v) is 16.4. The fraction of sp³-hybridized carbons (Fsp3) is 0.200. The van der Waals surface area contributed by atoms with Gasteiger partial charge >= 0.3 is 0 Å². The maximum Gasteiger partial charge on any atom is 0.261 e. The molecule has 0 aromatic heterocycles. The van der Waals surface area contributed by atoms with Gasteiger partial charge in [0.05, 0.1) is 14.2 Å². The van der Waals surface area contributed by atoms with Gasteiger partial charge in [0.1, 0.15) is 11.6 Å². The number of carbonyl (C=O) groups is 1. The molecule has 0 saturated heterocycles. The van der Waals surface area contributed by atoms with Crippen molar-refractivity contribution in [1.82, 2.24) is 5.32 Å². The van der Waals surface area contributed by atoms with Crippen LogP contribution in [0.1, 0.15) is 11.1 Å². The molecule has 0 unspecified atom stereocenters. The van der Waals surface area contributed by atoms with Gasteiger partial charge in [0, 0.05) is 22.2 Å². The van der Waals surface area contributed by atoms with E-state index in [0.717, 1.165) is 5.56 Å². The van der Waals surface area contributed by atoms with Crippen LogP contribution in [0.3, 0.4) is 0 Å². The van der Waals surface area contributed by atoms with E-state index in [4.69, 9.17) is 32.7 Å². The lowest BCUT2D eigenvalue weighted by atomic mass is 10.1. The van der Waals surface area contributed by atoms with Gasteiger partial charge in [-0.2, -0.15) is 5.26 Å². The molecule has 5 nitrogen and oxygen atoms in total. The number of halogens is 2. The van der Waals surface area contributed by atoms with Crippen LogP contribution >= 0.6 is 23.2 Å². The SMILES string of the molecule is COc1ccc(CCNC(=O)/C(C#N)=C/c2c(Cl)cccc2Cl)cc1OC. The Morgan fingerprint density at radius 1 is 1.15 bits per heavy atom. The number of hydrogen-bond acceptors (Lipinski definition) is 4. The molecule has 0 aliphatic carbocycles. The molecule has 2 aromatic rings. The Morgan fingerprint density at radius 3 is 2.41 bits per heavy atom. The van der Waals surface area contributed by atoms with Gasteiger partial charge in [-0.05, 0) is 42.3 Å². The highest BCUT2D eigenvalue weighted by Crippen LogP contribution is 2.28. The maximum atomic E-state index is 12.3. The number of amides is 1. The molecule has 1 N–H and O–H groups in total. The predicted molar refractivity (Wildman–Crippen MR) is 106 cm³/mol. The van der Waals surface area contributed by atoms with Crippen LogP contribution in [-0.4, -0.2) is 26.7 Å².